The number of hydrogen-bond donors (Lipinski definition) is 1. The van der Waals surface area contributed by atoms with Gasteiger partial charge in [0.1, 0.15) is 10.9 Å². The number of morpholine rings is 1. The van der Waals surface area contributed by atoms with Gasteiger partial charge in [-0.3, -0.25) is 4.79 Å². The van der Waals surface area contributed by atoms with Crippen molar-refractivity contribution in [3.63, 3.8) is 0 Å². The van der Waals surface area contributed by atoms with E-state index in [0.717, 1.165) is 53.3 Å². The highest BCUT2D eigenvalue weighted by Gasteiger charge is 2.12. The largest absolute Gasteiger partial charge is 0.378 e. The third-order valence-electron chi connectivity index (χ3n) is 5.26. The smallest absolute Gasteiger partial charge is 0.234 e. The van der Waals surface area contributed by atoms with E-state index in [2.05, 4.69) is 39.5 Å². The highest BCUT2D eigenvalue weighted by molar-refractivity contribution is 7.99. The lowest BCUT2D eigenvalue weighted by Crippen LogP contribution is -2.36. The molecule has 1 aliphatic heterocycles. The molecule has 1 aromatic heterocycles. The number of rotatable bonds is 8. The van der Waals surface area contributed by atoms with Crippen LogP contribution in [0.1, 0.15) is 17.0 Å². The van der Waals surface area contributed by atoms with E-state index in [1.54, 1.807) is 11.8 Å². The number of carbonyl (C=O) groups is 1. The van der Waals surface area contributed by atoms with Gasteiger partial charge in [0.15, 0.2) is 0 Å². The Morgan fingerprint density at radius 2 is 1.94 bits per heavy atom. The minimum atomic E-state index is 0.00444. The molecule has 1 saturated heterocycles. The van der Waals surface area contributed by atoms with Crippen LogP contribution in [0.25, 0.3) is 0 Å². The summed E-state index contributed by atoms with van der Waals surface area (Å²) < 4.78 is 5.44. The number of anilines is 2. The van der Waals surface area contributed by atoms with Gasteiger partial charge >= 0.3 is 0 Å². The molecule has 0 saturated carbocycles. The monoisotopic (exact) mass is 480 g/mol. The second-order valence-corrected chi connectivity index (χ2v) is 9.76. The molecule has 2 heterocycles. The zero-order valence-electron chi connectivity index (χ0n) is 18.9. The predicted molar refractivity (Wildman–Crippen MR) is 137 cm³/mol. The molecule has 0 aliphatic carbocycles. The Labute approximate surface area is 203 Å². The topological polar surface area (TPSA) is 67.4 Å². The maximum atomic E-state index is 11.9. The first kappa shape index (κ1) is 23.6. The van der Waals surface area contributed by atoms with Crippen molar-refractivity contribution in [2.45, 2.75) is 23.3 Å². The van der Waals surface area contributed by atoms with Crippen LogP contribution in [0.3, 0.4) is 0 Å². The Bertz CT molecular complexity index is 1090. The summed E-state index contributed by atoms with van der Waals surface area (Å²) in [5.74, 6) is 1.25. The average Bonchev–Trinajstić information content (AvgIpc) is 2.83. The van der Waals surface area contributed by atoms with Gasteiger partial charge in [0, 0.05) is 42.0 Å². The van der Waals surface area contributed by atoms with E-state index in [4.69, 9.17) is 9.72 Å². The van der Waals surface area contributed by atoms with Gasteiger partial charge in [-0.25, -0.2) is 9.97 Å². The van der Waals surface area contributed by atoms with E-state index >= 15 is 0 Å². The summed E-state index contributed by atoms with van der Waals surface area (Å²) in [6.07, 6.45) is 4.48. The van der Waals surface area contributed by atoms with E-state index in [1.165, 1.54) is 23.0 Å². The minimum absolute atomic E-state index is 0.00444. The molecule has 3 aromatic rings. The zero-order chi connectivity index (χ0) is 23.0. The Morgan fingerprint density at radius 3 is 2.70 bits per heavy atom. The van der Waals surface area contributed by atoms with Gasteiger partial charge in [0.25, 0.3) is 0 Å². The van der Waals surface area contributed by atoms with Crippen LogP contribution >= 0.6 is 23.5 Å². The molecule has 6 nitrogen and oxygen atoms in total. The van der Waals surface area contributed by atoms with Crippen LogP contribution in [0.4, 0.5) is 11.4 Å². The van der Waals surface area contributed by atoms with Gasteiger partial charge in [0.2, 0.25) is 5.91 Å². The molecule has 1 fully saturated rings. The van der Waals surface area contributed by atoms with Gasteiger partial charge in [-0.1, -0.05) is 30.0 Å². The first-order chi connectivity index (χ1) is 16.1. The third-order valence-corrected chi connectivity index (χ3v) is 6.90. The SMILES string of the molecule is CSCC(=O)Nc1cccc(Sc2nc(Cc3ccc(N4CCOCC4)cc3)ncc2C)c1. The van der Waals surface area contributed by atoms with Crippen LogP contribution in [0.5, 0.6) is 0 Å². The van der Waals surface area contributed by atoms with Gasteiger partial charge in [-0.2, -0.15) is 11.8 Å². The van der Waals surface area contributed by atoms with Crippen molar-refractivity contribution in [1.82, 2.24) is 9.97 Å². The standard InChI is InChI=1S/C25H28N4O2S2/c1-18-16-26-23(14-19-6-8-21(9-7-19)29-10-12-31-13-11-29)28-25(18)33-22-5-3-4-20(15-22)27-24(30)17-32-2/h3-9,15-16H,10-14,17H2,1-2H3,(H,27,30). The van der Waals surface area contributed by atoms with Crippen LogP contribution in [-0.2, 0) is 16.0 Å². The summed E-state index contributed by atoms with van der Waals surface area (Å²) in [6.45, 7) is 5.46. The fraction of sp³-hybridized carbons (Fsp3) is 0.320. The van der Waals surface area contributed by atoms with Gasteiger partial charge < -0.3 is 15.0 Å². The lowest BCUT2D eigenvalue weighted by atomic mass is 10.1. The summed E-state index contributed by atoms with van der Waals surface area (Å²) >= 11 is 3.09. The molecule has 4 rings (SSSR count). The predicted octanol–water partition coefficient (Wildman–Crippen LogP) is 4.67. The number of hydrogen-bond acceptors (Lipinski definition) is 7. The highest BCUT2D eigenvalue weighted by atomic mass is 32.2. The summed E-state index contributed by atoms with van der Waals surface area (Å²) in [6, 6.07) is 16.5. The second kappa shape index (κ2) is 11.5. The van der Waals surface area contributed by atoms with Gasteiger partial charge in [-0.15, -0.1) is 0 Å². The fourth-order valence-electron chi connectivity index (χ4n) is 3.56. The number of amides is 1. The van der Waals surface area contributed by atoms with Crippen molar-refractivity contribution in [1.29, 1.82) is 0 Å². The lowest BCUT2D eigenvalue weighted by Gasteiger charge is -2.28. The zero-order valence-corrected chi connectivity index (χ0v) is 20.5. The number of thioether (sulfide) groups is 1. The van der Waals surface area contributed by atoms with E-state index in [1.807, 2.05) is 43.6 Å². The van der Waals surface area contributed by atoms with Crippen LogP contribution in [0.2, 0.25) is 0 Å². The number of benzene rings is 2. The maximum Gasteiger partial charge on any atom is 0.234 e. The molecule has 0 bridgehead atoms. The number of aromatic nitrogens is 2. The van der Waals surface area contributed by atoms with Crippen LogP contribution in [-0.4, -0.2) is 54.2 Å². The fourth-order valence-corrected chi connectivity index (χ4v) is 4.81. The Hall–Kier alpha value is -2.55. The molecular formula is C25H28N4O2S2. The Kier molecular flexibility index (Phi) is 8.25. The van der Waals surface area contributed by atoms with Crippen molar-refractivity contribution in [3.05, 3.63) is 71.7 Å². The molecule has 0 atom stereocenters. The van der Waals surface area contributed by atoms with Crippen LogP contribution in [0.15, 0.2) is 64.6 Å². The number of carbonyl (C=O) groups excluding carboxylic acids is 1. The molecule has 2 aromatic carbocycles. The first-order valence-corrected chi connectivity index (χ1v) is 13.1. The summed E-state index contributed by atoms with van der Waals surface area (Å²) in [5, 5.41) is 3.87. The van der Waals surface area contributed by atoms with E-state index in [9.17, 15) is 4.79 Å². The molecule has 8 heteroatoms. The first-order valence-electron chi connectivity index (χ1n) is 10.9. The molecule has 0 radical (unpaired) electrons. The van der Waals surface area contributed by atoms with Crippen LogP contribution in [0, 0.1) is 6.92 Å². The van der Waals surface area contributed by atoms with Crippen molar-refractivity contribution in [2.24, 2.45) is 0 Å². The molecule has 1 aliphatic rings. The third kappa shape index (κ3) is 6.72. The minimum Gasteiger partial charge on any atom is -0.378 e. The average molecular weight is 481 g/mol. The molecule has 1 amide bonds. The molecule has 33 heavy (non-hydrogen) atoms. The summed E-state index contributed by atoms with van der Waals surface area (Å²) in [7, 11) is 0. The van der Waals surface area contributed by atoms with E-state index in [0.29, 0.717) is 12.2 Å². The van der Waals surface area contributed by atoms with Crippen molar-refractivity contribution in [3.8, 4) is 0 Å². The second-order valence-electron chi connectivity index (χ2n) is 7.83. The maximum absolute atomic E-state index is 11.9. The molecule has 1 N–H and O–H groups in total. The van der Waals surface area contributed by atoms with Crippen molar-refractivity contribution < 1.29 is 9.53 Å². The van der Waals surface area contributed by atoms with Crippen molar-refractivity contribution in [2.75, 3.05) is 48.5 Å². The Balaban J connectivity index is 1.43. The molecule has 0 spiro atoms. The number of ether oxygens (including phenoxy) is 1. The molecule has 172 valence electrons. The number of nitrogens with one attached hydrogen (secondary N) is 1. The van der Waals surface area contributed by atoms with E-state index < -0.39 is 0 Å². The molecular weight excluding hydrogens is 452 g/mol. The summed E-state index contributed by atoms with van der Waals surface area (Å²) in [5.41, 5.74) is 4.24. The lowest BCUT2D eigenvalue weighted by molar-refractivity contribution is -0.113. The quantitative estimate of drug-likeness (QED) is 0.470. The van der Waals surface area contributed by atoms with Crippen LogP contribution < -0.4 is 10.2 Å². The summed E-state index contributed by atoms with van der Waals surface area (Å²) in [4.78, 5) is 24.7. The van der Waals surface area contributed by atoms with E-state index in [-0.39, 0.29) is 5.91 Å². The highest BCUT2D eigenvalue weighted by Crippen LogP contribution is 2.30. The number of aryl methyl sites for hydroxylation is 1. The van der Waals surface area contributed by atoms with Crippen molar-refractivity contribution >= 4 is 40.8 Å². The van der Waals surface area contributed by atoms with Gasteiger partial charge in [0.05, 0.1) is 19.0 Å². The van der Waals surface area contributed by atoms with Gasteiger partial charge in [-0.05, 0) is 54.6 Å². The normalized spacial score (nSPS) is 13.7. The Morgan fingerprint density at radius 1 is 1.15 bits per heavy atom. The number of nitrogens with zero attached hydrogens (tertiary/aromatic N) is 3. The molecule has 0 unspecified atom stereocenters.